The molecule has 0 aromatic heterocycles. The Balaban J connectivity index is 1.81. The molecule has 1 aromatic carbocycles. The van der Waals surface area contributed by atoms with Crippen LogP contribution in [0.1, 0.15) is 31.2 Å². The number of nitrogens with one attached hydrogen (secondary N) is 1. The molecule has 1 aromatic rings. The van der Waals surface area contributed by atoms with Crippen LogP contribution >= 0.6 is 11.8 Å². The van der Waals surface area contributed by atoms with Crippen molar-refractivity contribution in [3.05, 3.63) is 29.6 Å². The maximum Gasteiger partial charge on any atom is 0.161 e. The summed E-state index contributed by atoms with van der Waals surface area (Å²) in [5.74, 6) is 0.841. The molecule has 1 aliphatic carbocycles. The molecule has 18 heavy (non-hydrogen) atoms. The Labute approximate surface area is 111 Å². The fourth-order valence-electron chi connectivity index (χ4n) is 2.73. The van der Waals surface area contributed by atoms with Gasteiger partial charge in [0.25, 0.3) is 0 Å². The normalized spacial score (nSPS) is 21.3. The monoisotopic (exact) mass is 264 g/mol. The topological polar surface area (TPSA) is 24.4 Å². The predicted molar refractivity (Wildman–Crippen MR) is 75.9 cm³/mol. The van der Waals surface area contributed by atoms with Crippen LogP contribution in [0.4, 0.5) is 10.1 Å². The highest BCUT2D eigenvalue weighted by Crippen LogP contribution is 2.41. The molecule has 0 bridgehead atoms. The van der Waals surface area contributed by atoms with Gasteiger partial charge >= 0.3 is 0 Å². The highest BCUT2D eigenvalue weighted by atomic mass is 32.2. The molecule has 1 saturated carbocycles. The molecule has 1 heterocycles. The van der Waals surface area contributed by atoms with Crippen LogP contribution in [-0.2, 0) is 0 Å². The SMILES string of the molecule is Cc1cccc(F)c1NC1=NC2(CCCC2)CS1. The summed E-state index contributed by atoms with van der Waals surface area (Å²) in [6.07, 6.45) is 4.91. The number of thioether (sulfide) groups is 1. The van der Waals surface area contributed by atoms with Gasteiger partial charge in [-0.3, -0.25) is 4.99 Å². The maximum absolute atomic E-state index is 13.7. The van der Waals surface area contributed by atoms with E-state index in [1.165, 1.54) is 31.7 Å². The van der Waals surface area contributed by atoms with Crippen molar-refractivity contribution in [1.82, 2.24) is 0 Å². The molecule has 0 atom stereocenters. The Morgan fingerprint density at radius 3 is 2.83 bits per heavy atom. The molecule has 0 unspecified atom stereocenters. The Kier molecular flexibility index (Phi) is 3.06. The molecule has 0 radical (unpaired) electrons. The Morgan fingerprint density at radius 1 is 1.33 bits per heavy atom. The Morgan fingerprint density at radius 2 is 2.11 bits per heavy atom. The number of aliphatic imine (C=N–C) groups is 1. The van der Waals surface area contributed by atoms with Crippen LogP contribution in [-0.4, -0.2) is 16.5 Å². The molecular weight excluding hydrogens is 247 g/mol. The third-order valence-electron chi connectivity index (χ3n) is 3.80. The molecule has 0 amide bonds. The van der Waals surface area contributed by atoms with Crippen LogP contribution in [0.5, 0.6) is 0 Å². The first kappa shape index (κ1) is 12.0. The van der Waals surface area contributed by atoms with Crippen molar-refractivity contribution >= 4 is 22.6 Å². The molecule has 1 fully saturated rings. The standard InChI is InChI=1S/C14H17FN2S/c1-10-5-4-6-11(15)12(10)16-13-17-14(9-18-13)7-2-3-8-14/h4-6H,2-3,7-9H2,1H3,(H,16,17). The van der Waals surface area contributed by atoms with Crippen LogP contribution < -0.4 is 5.32 Å². The van der Waals surface area contributed by atoms with Gasteiger partial charge in [-0.2, -0.15) is 0 Å². The number of hydrogen-bond acceptors (Lipinski definition) is 3. The van der Waals surface area contributed by atoms with Gasteiger partial charge in [0.2, 0.25) is 0 Å². The summed E-state index contributed by atoms with van der Waals surface area (Å²) < 4.78 is 13.7. The molecule has 1 N–H and O–H groups in total. The lowest BCUT2D eigenvalue weighted by molar-refractivity contribution is 0.508. The van der Waals surface area contributed by atoms with Gasteiger partial charge in [0.05, 0.1) is 11.2 Å². The fourth-order valence-corrected chi connectivity index (χ4v) is 3.92. The zero-order chi connectivity index (χ0) is 12.6. The van der Waals surface area contributed by atoms with E-state index in [4.69, 9.17) is 4.99 Å². The van der Waals surface area contributed by atoms with E-state index in [-0.39, 0.29) is 11.4 Å². The van der Waals surface area contributed by atoms with E-state index in [2.05, 4.69) is 5.32 Å². The van der Waals surface area contributed by atoms with E-state index in [1.807, 2.05) is 13.0 Å². The first-order valence-electron chi connectivity index (χ1n) is 6.43. The van der Waals surface area contributed by atoms with Crippen LogP contribution in [0.3, 0.4) is 0 Å². The minimum atomic E-state index is -0.203. The molecule has 2 aliphatic rings. The van der Waals surface area contributed by atoms with Gasteiger partial charge in [-0.05, 0) is 31.4 Å². The number of para-hydroxylation sites is 1. The lowest BCUT2D eigenvalue weighted by Crippen LogP contribution is -2.21. The van der Waals surface area contributed by atoms with Crippen molar-refractivity contribution in [2.24, 2.45) is 4.99 Å². The first-order chi connectivity index (χ1) is 8.69. The van der Waals surface area contributed by atoms with Crippen molar-refractivity contribution in [1.29, 1.82) is 0 Å². The zero-order valence-corrected chi connectivity index (χ0v) is 11.3. The van der Waals surface area contributed by atoms with Crippen LogP contribution in [0, 0.1) is 12.7 Å². The molecule has 1 aliphatic heterocycles. The van der Waals surface area contributed by atoms with Crippen molar-refractivity contribution in [2.45, 2.75) is 38.1 Å². The molecule has 0 saturated heterocycles. The molecule has 3 rings (SSSR count). The number of anilines is 1. The first-order valence-corrected chi connectivity index (χ1v) is 7.42. The largest absolute Gasteiger partial charge is 0.332 e. The number of aryl methyl sites for hydroxylation is 1. The smallest absolute Gasteiger partial charge is 0.161 e. The quantitative estimate of drug-likeness (QED) is 0.830. The highest BCUT2D eigenvalue weighted by molar-refractivity contribution is 8.14. The molecule has 1 spiro atoms. The van der Waals surface area contributed by atoms with Crippen LogP contribution in [0.15, 0.2) is 23.2 Å². The number of nitrogens with zero attached hydrogens (tertiary/aromatic N) is 1. The molecule has 4 heteroatoms. The van der Waals surface area contributed by atoms with Crippen LogP contribution in [0.25, 0.3) is 0 Å². The van der Waals surface area contributed by atoms with Gasteiger partial charge in [-0.25, -0.2) is 4.39 Å². The number of rotatable bonds is 1. The number of amidine groups is 1. The number of halogens is 1. The molecular formula is C14H17FN2S. The second kappa shape index (κ2) is 4.57. The van der Waals surface area contributed by atoms with Gasteiger partial charge < -0.3 is 5.32 Å². The summed E-state index contributed by atoms with van der Waals surface area (Å²) in [6, 6.07) is 5.13. The highest BCUT2D eigenvalue weighted by Gasteiger charge is 2.38. The van der Waals surface area contributed by atoms with E-state index in [1.54, 1.807) is 17.8 Å². The van der Waals surface area contributed by atoms with E-state index in [0.717, 1.165) is 16.5 Å². The second-order valence-electron chi connectivity index (χ2n) is 5.19. The van der Waals surface area contributed by atoms with Gasteiger partial charge in [-0.1, -0.05) is 36.7 Å². The average molecular weight is 264 g/mol. The Hall–Kier alpha value is -1.03. The van der Waals surface area contributed by atoms with Gasteiger partial charge in [0, 0.05) is 5.75 Å². The third-order valence-corrected chi connectivity index (χ3v) is 4.95. The summed E-state index contributed by atoms with van der Waals surface area (Å²) in [7, 11) is 0. The zero-order valence-electron chi connectivity index (χ0n) is 10.5. The van der Waals surface area contributed by atoms with Crippen LogP contribution in [0.2, 0.25) is 0 Å². The molecule has 2 nitrogen and oxygen atoms in total. The van der Waals surface area contributed by atoms with E-state index < -0.39 is 0 Å². The van der Waals surface area contributed by atoms with Crippen molar-refractivity contribution in [2.75, 3.05) is 11.1 Å². The lowest BCUT2D eigenvalue weighted by atomic mass is 10.0. The van der Waals surface area contributed by atoms with Crippen molar-refractivity contribution in [3.8, 4) is 0 Å². The number of hydrogen-bond donors (Lipinski definition) is 1. The van der Waals surface area contributed by atoms with Crippen molar-refractivity contribution in [3.63, 3.8) is 0 Å². The Bertz CT molecular complexity index is 472. The molecule has 96 valence electrons. The predicted octanol–water partition coefficient (Wildman–Crippen LogP) is 3.96. The maximum atomic E-state index is 13.7. The minimum Gasteiger partial charge on any atom is -0.332 e. The summed E-state index contributed by atoms with van der Waals surface area (Å²) in [5, 5.41) is 4.05. The van der Waals surface area contributed by atoms with E-state index in [9.17, 15) is 4.39 Å². The lowest BCUT2D eigenvalue weighted by Gasteiger charge is -2.16. The number of benzene rings is 1. The van der Waals surface area contributed by atoms with Gasteiger partial charge in [-0.15, -0.1) is 0 Å². The van der Waals surface area contributed by atoms with Gasteiger partial charge in [0.15, 0.2) is 5.17 Å². The average Bonchev–Trinajstić information content (AvgIpc) is 2.96. The van der Waals surface area contributed by atoms with E-state index >= 15 is 0 Å². The second-order valence-corrected chi connectivity index (χ2v) is 6.16. The van der Waals surface area contributed by atoms with Crippen molar-refractivity contribution < 1.29 is 4.39 Å². The fraction of sp³-hybridized carbons (Fsp3) is 0.500. The summed E-state index contributed by atoms with van der Waals surface area (Å²) in [6.45, 7) is 1.91. The summed E-state index contributed by atoms with van der Waals surface area (Å²) in [5.41, 5.74) is 1.64. The summed E-state index contributed by atoms with van der Waals surface area (Å²) >= 11 is 1.72. The third kappa shape index (κ3) is 2.14. The van der Waals surface area contributed by atoms with E-state index in [0.29, 0.717) is 5.69 Å². The van der Waals surface area contributed by atoms with Gasteiger partial charge in [0.1, 0.15) is 5.82 Å². The summed E-state index contributed by atoms with van der Waals surface area (Å²) in [4.78, 5) is 4.80. The minimum absolute atomic E-state index is 0.145.